The number of aromatic hydroxyl groups is 1. The van der Waals surface area contributed by atoms with E-state index < -0.39 is 0 Å². The highest BCUT2D eigenvalue weighted by Gasteiger charge is 2.10. The molecular weight excluding hydrogens is 309 g/mol. The van der Waals surface area contributed by atoms with E-state index in [2.05, 4.69) is 5.32 Å². The zero-order chi connectivity index (χ0) is 15.4. The Morgan fingerprint density at radius 3 is 2.57 bits per heavy atom. The molecule has 2 aromatic rings. The summed E-state index contributed by atoms with van der Waals surface area (Å²) in [7, 11) is 1.53. The first-order valence-corrected chi connectivity index (χ1v) is 7.31. The number of halogens is 2. The van der Waals surface area contributed by atoms with Gasteiger partial charge in [0.05, 0.1) is 7.11 Å². The van der Waals surface area contributed by atoms with Gasteiger partial charge in [0.2, 0.25) is 0 Å². The van der Waals surface area contributed by atoms with E-state index in [1.54, 1.807) is 18.2 Å². The Labute approximate surface area is 134 Å². The van der Waals surface area contributed by atoms with Crippen LogP contribution < -0.4 is 10.1 Å². The molecule has 0 bridgehead atoms. The molecule has 2 N–H and O–H groups in total. The molecule has 0 saturated heterocycles. The lowest BCUT2D eigenvalue weighted by atomic mass is 10.1. The van der Waals surface area contributed by atoms with E-state index in [1.165, 1.54) is 7.11 Å². The fourth-order valence-electron chi connectivity index (χ4n) is 2.08. The first kappa shape index (κ1) is 16.0. The summed E-state index contributed by atoms with van der Waals surface area (Å²) in [5, 5.41) is 14.4. The van der Waals surface area contributed by atoms with Crippen LogP contribution in [0.25, 0.3) is 0 Å². The lowest BCUT2D eigenvalue weighted by Crippen LogP contribution is -2.18. The molecule has 21 heavy (non-hydrogen) atoms. The molecule has 0 aliphatic heterocycles. The summed E-state index contributed by atoms with van der Waals surface area (Å²) < 4.78 is 5.02. The minimum Gasteiger partial charge on any atom is -0.504 e. The lowest BCUT2D eigenvalue weighted by molar-refractivity contribution is 0.373. The summed E-state index contributed by atoms with van der Waals surface area (Å²) in [5.41, 5.74) is 1.95. The van der Waals surface area contributed by atoms with Gasteiger partial charge in [0, 0.05) is 22.6 Å². The number of benzene rings is 2. The molecule has 1 atom stereocenters. The van der Waals surface area contributed by atoms with E-state index in [0.717, 1.165) is 11.1 Å². The molecule has 0 saturated carbocycles. The number of hydrogen-bond acceptors (Lipinski definition) is 3. The Balaban J connectivity index is 2.03. The molecule has 2 rings (SSSR count). The Morgan fingerprint density at radius 2 is 1.95 bits per heavy atom. The van der Waals surface area contributed by atoms with Crippen molar-refractivity contribution in [1.82, 2.24) is 5.32 Å². The third kappa shape index (κ3) is 4.03. The number of phenols is 1. The SMILES string of the molecule is COc1ccc(CN[C@H](C)c2ccc(Cl)cc2Cl)cc1O. The average molecular weight is 326 g/mol. The maximum absolute atomic E-state index is 9.76. The fourth-order valence-corrected chi connectivity index (χ4v) is 2.65. The summed E-state index contributed by atoms with van der Waals surface area (Å²) >= 11 is 12.1. The monoisotopic (exact) mass is 325 g/mol. The van der Waals surface area contributed by atoms with E-state index >= 15 is 0 Å². The smallest absolute Gasteiger partial charge is 0.160 e. The molecule has 0 aliphatic carbocycles. The van der Waals surface area contributed by atoms with Crippen molar-refractivity contribution in [2.24, 2.45) is 0 Å². The van der Waals surface area contributed by atoms with Crippen molar-refractivity contribution in [1.29, 1.82) is 0 Å². The van der Waals surface area contributed by atoms with Crippen LogP contribution in [0.1, 0.15) is 24.1 Å². The van der Waals surface area contributed by atoms with Crippen molar-refractivity contribution in [3.05, 3.63) is 57.6 Å². The van der Waals surface area contributed by atoms with Gasteiger partial charge in [-0.1, -0.05) is 35.3 Å². The van der Waals surface area contributed by atoms with Crippen LogP contribution in [0.2, 0.25) is 10.0 Å². The van der Waals surface area contributed by atoms with Crippen LogP contribution in [0, 0.1) is 0 Å². The molecule has 0 aliphatic rings. The number of rotatable bonds is 5. The summed E-state index contributed by atoms with van der Waals surface area (Å²) in [6, 6.07) is 10.9. The molecule has 0 aromatic heterocycles. The van der Waals surface area contributed by atoms with Gasteiger partial charge in [0.1, 0.15) is 0 Å². The van der Waals surface area contributed by atoms with Gasteiger partial charge in [-0.05, 0) is 42.3 Å². The molecule has 3 nitrogen and oxygen atoms in total. The first-order valence-electron chi connectivity index (χ1n) is 6.55. The third-order valence-corrected chi connectivity index (χ3v) is 3.85. The van der Waals surface area contributed by atoms with Crippen LogP contribution in [0.3, 0.4) is 0 Å². The second-order valence-electron chi connectivity index (χ2n) is 4.77. The predicted octanol–water partition coefficient (Wildman–Crippen LogP) is 4.56. The highest BCUT2D eigenvalue weighted by molar-refractivity contribution is 6.35. The minimum atomic E-state index is 0.0685. The fraction of sp³-hybridized carbons (Fsp3) is 0.250. The molecule has 0 unspecified atom stereocenters. The van der Waals surface area contributed by atoms with Gasteiger partial charge >= 0.3 is 0 Å². The summed E-state index contributed by atoms with van der Waals surface area (Å²) in [6.07, 6.45) is 0. The normalized spacial score (nSPS) is 12.2. The van der Waals surface area contributed by atoms with E-state index in [-0.39, 0.29) is 11.8 Å². The van der Waals surface area contributed by atoms with Crippen molar-refractivity contribution >= 4 is 23.2 Å². The maximum atomic E-state index is 9.76. The largest absolute Gasteiger partial charge is 0.504 e. The van der Waals surface area contributed by atoms with Crippen LogP contribution in [-0.2, 0) is 6.54 Å². The molecule has 0 spiro atoms. The van der Waals surface area contributed by atoms with Gasteiger partial charge in [0.25, 0.3) is 0 Å². The Morgan fingerprint density at radius 1 is 1.19 bits per heavy atom. The second kappa shape index (κ2) is 7.03. The van der Waals surface area contributed by atoms with Crippen molar-refractivity contribution in [3.8, 4) is 11.5 Å². The van der Waals surface area contributed by atoms with E-state index in [0.29, 0.717) is 22.3 Å². The van der Waals surface area contributed by atoms with E-state index in [1.807, 2.05) is 25.1 Å². The van der Waals surface area contributed by atoms with Gasteiger partial charge in [0.15, 0.2) is 11.5 Å². The summed E-state index contributed by atoms with van der Waals surface area (Å²) in [6.45, 7) is 2.64. The number of phenolic OH excluding ortho intramolecular Hbond substituents is 1. The van der Waals surface area contributed by atoms with Gasteiger partial charge in [-0.25, -0.2) is 0 Å². The molecule has 2 aromatic carbocycles. The van der Waals surface area contributed by atoms with Gasteiger partial charge < -0.3 is 15.2 Å². The number of methoxy groups -OCH3 is 1. The van der Waals surface area contributed by atoms with Crippen LogP contribution in [0.4, 0.5) is 0 Å². The first-order chi connectivity index (χ1) is 10.0. The second-order valence-corrected chi connectivity index (χ2v) is 5.62. The molecule has 112 valence electrons. The molecule has 0 amide bonds. The van der Waals surface area contributed by atoms with Crippen molar-refractivity contribution in [2.75, 3.05) is 7.11 Å². The van der Waals surface area contributed by atoms with Crippen LogP contribution in [-0.4, -0.2) is 12.2 Å². The van der Waals surface area contributed by atoms with Crippen LogP contribution in [0.5, 0.6) is 11.5 Å². The van der Waals surface area contributed by atoms with Crippen molar-refractivity contribution in [2.45, 2.75) is 19.5 Å². The van der Waals surface area contributed by atoms with Crippen LogP contribution in [0.15, 0.2) is 36.4 Å². The van der Waals surface area contributed by atoms with Crippen LogP contribution >= 0.6 is 23.2 Å². The van der Waals surface area contributed by atoms with E-state index in [4.69, 9.17) is 27.9 Å². The molecule has 0 fully saturated rings. The highest BCUT2D eigenvalue weighted by Crippen LogP contribution is 2.28. The maximum Gasteiger partial charge on any atom is 0.160 e. The van der Waals surface area contributed by atoms with Crippen molar-refractivity contribution < 1.29 is 9.84 Å². The lowest BCUT2D eigenvalue weighted by Gasteiger charge is -2.16. The van der Waals surface area contributed by atoms with Gasteiger partial charge in [-0.15, -0.1) is 0 Å². The molecular formula is C16H17Cl2NO2. The van der Waals surface area contributed by atoms with Gasteiger partial charge in [-0.2, -0.15) is 0 Å². The molecule has 0 heterocycles. The van der Waals surface area contributed by atoms with E-state index in [9.17, 15) is 5.11 Å². The Bertz CT molecular complexity index is 632. The highest BCUT2D eigenvalue weighted by atomic mass is 35.5. The number of ether oxygens (including phenoxy) is 1. The zero-order valence-electron chi connectivity index (χ0n) is 11.9. The summed E-state index contributed by atoms with van der Waals surface area (Å²) in [4.78, 5) is 0. The molecule has 5 heteroatoms. The molecule has 0 radical (unpaired) electrons. The Kier molecular flexibility index (Phi) is 5.34. The Hall–Kier alpha value is -1.42. The average Bonchev–Trinajstić information content (AvgIpc) is 2.45. The standard InChI is InChI=1S/C16H17Cl2NO2/c1-10(13-5-4-12(17)8-14(13)18)19-9-11-3-6-16(21-2)15(20)7-11/h3-8,10,19-20H,9H2,1-2H3/t10-/m1/s1. The van der Waals surface area contributed by atoms with Gasteiger partial charge in [-0.3, -0.25) is 0 Å². The quantitative estimate of drug-likeness (QED) is 0.846. The van der Waals surface area contributed by atoms with Crippen molar-refractivity contribution in [3.63, 3.8) is 0 Å². The topological polar surface area (TPSA) is 41.5 Å². The predicted molar refractivity (Wildman–Crippen MR) is 86.4 cm³/mol. The summed E-state index contributed by atoms with van der Waals surface area (Å²) in [5.74, 6) is 0.599. The third-order valence-electron chi connectivity index (χ3n) is 3.28. The number of nitrogens with one attached hydrogen (secondary N) is 1. The minimum absolute atomic E-state index is 0.0685. The number of hydrogen-bond donors (Lipinski definition) is 2. The zero-order valence-corrected chi connectivity index (χ0v) is 13.4.